The summed E-state index contributed by atoms with van der Waals surface area (Å²) in [5, 5.41) is 0. The molecule has 0 saturated carbocycles. The summed E-state index contributed by atoms with van der Waals surface area (Å²) < 4.78 is 18.2. The lowest BCUT2D eigenvalue weighted by Gasteiger charge is -2.31. The van der Waals surface area contributed by atoms with Crippen LogP contribution in [0.3, 0.4) is 0 Å². The van der Waals surface area contributed by atoms with E-state index in [2.05, 4.69) is 46.0 Å². The Morgan fingerprint density at radius 3 is 1.68 bits per heavy atom. The van der Waals surface area contributed by atoms with Gasteiger partial charge >= 0.3 is 0 Å². The Morgan fingerprint density at radius 1 is 0.577 bits per heavy atom. The van der Waals surface area contributed by atoms with Gasteiger partial charge in [0.25, 0.3) is 0 Å². The molecule has 5 unspecified atom stereocenters. The standard InChI is InChI=1S/C17H24N2O.C15H19FN2O2.C13H18N2O.C11H15N3O/c20-17-11-16(12-18-9-5-2-6-10-18)14-19(17)13-15-7-3-1-4-8-15;16-13-3-1-12(2-4-13)10-18-11-14(9-15(18)19)17-5-7-20-8-6-17;1-10(12-5-3-2-4-6-12)15-9-11(8-14)7-13(15)16;12-6-10-5-11(15)14(8-10)7-9-1-3-13-4-2-9/h1,3-4,7-8,16H,2,5-6,9-14H2;1-4,14H,5-11H2;2-6,10-11H,7-9,14H2,1H3;1-4,10H,5-8,12H2. The number of nitrogens with zero attached hydrogens (tertiary/aromatic N) is 7. The predicted octanol–water partition coefficient (Wildman–Crippen LogP) is 5.72. The van der Waals surface area contributed by atoms with Crippen molar-refractivity contribution in [1.82, 2.24) is 34.4 Å². The molecule has 4 N–H and O–H groups in total. The molecule has 0 radical (unpaired) electrons. The Balaban J connectivity index is 0.000000140. The first-order valence-corrected chi connectivity index (χ1v) is 25.8. The monoisotopic (exact) mass is 974 g/mol. The van der Waals surface area contributed by atoms with Gasteiger partial charge in [0, 0.05) is 110 Å². The average molecular weight is 974 g/mol. The molecule has 4 amide bonds. The Labute approximate surface area is 420 Å². The van der Waals surface area contributed by atoms with Gasteiger partial charge in [-0.05, 0) is 110 Å². The average Bonchev–Trinajstić information content (AvgIpc) is 4.18. The van der Waals surface area contributed by atoms with Gasteiger partial charge in [0.05, 0.1) is 19.3 Å². The van der Waals surface area contributed by atoms with Crippen molar-refractivity contribution >= 4 is 23.6 Å². The van der Waals surface area contributed by atoms with Crippen molar-refractivity contribution in [2.24, 2.45) is 29.2 Å². The Kier molecular flexibility index (Phi) is 20.5. The number of carbonyl (C=O) groups is 4. The number of nitrogens with two attached hydrogens (primary N) is 2. The van der Waals surface area contributed by atoms with Gasteiger partial charge < -0.3 is 40.7 Å². The number of ether oxygens (including phenoxy) is 1. The number of benzene rings is 3. The molecule has 3 aromatic carbocycles. The van der Waals surface area contributed by atoms with Gasteiger partial charge in [-0.15, -0.1) is 0 Å². The first kappa shape index (κ1) is 53.2. The van der Waals surface area contributed by atoms with Crippen molar-refractivity contribution < 1.29 is 28.3 Å². The SMILES string of the molecule is CC(c1ccccc1)N1CC(CN)CC1=O.NCC1CC(=O)N(Cc2ccncc2)C1.O=C1CC(CN2CCCCC2)CN1Cc1ccccc1.O=C1CC(N2CCOCC2)CN1Cc1ccc(F)cc1. The molecule has 382 valence electrons. The number of piperidine rings is 1. The number of amides is 4. The molecule has 14 nitrogen and oxygen atoms in total. The number of carbonyl (C=O) groups excluding carboxylic acids is 4. The van der Waals surface area contributed by atoms with Crippen LogP contribution in [0.25, 0.3) is 0 Å². The molecule has 6 aliphatic heterocycles. The molecule has 15 heteroatoms. The summed E-state index contributed by atoms with van der Waals surface area (Å²) >= 11 is 0. The van der Waals surface area contributed by atoms with E-state index in [1.54, 1.807) is 24.5 Å². The second-order valence-corrected chi connectivity index (χ2v) is 20.0. The summed E-state index contributed by atoms with van der Waals surface area (Å²) in [7, 11) is 0. The van der Waals surface area contributed by atoms with Gasteiger partial charge in [0.1, 0.15) is 5.82 Å². The highest BCUT2D eigenvalue weighted by molar-refractivity contribution is 5.80. The Bertz CT molecular complexity index is 2250. The fraction of sp³-hybridized carbons (Fsp3) is 0.518. The van der Waals surface area contributed by atoms with Crippen LogP contribution in [0.15, 0.2) is 109 Å². The molecule has 6 aliphatic rings. The van der Waals surface area contributed by atoms with Crippen LogP contribution >= 0.6 is 0 Å². The Morgan fingerprint density at radius 2 is 1.08 bits per heavy atom. The van der Waals surface area contributed by atoms with Gasteiger partial charge in [0.2, 0.25) is 23.6 Å². The minimum atomic E-state index is -0.243. The quantitative estimate of drug-likeness (QED) is 0.170. The van der Waals surface area contributed by atoms with E-state index in [9.17, 15) is 23.6 Å². The Hall–Kier alpha value is -5.58. The molecule has 6 saturated heterocycles. The van der Waals surface area contributed by atoms with Gasteiger partial charge in [-0.25, -0.2) is 4.39 Å². The highest BCUT2D eigenvalue weighted by Gasteiger charge is 2.35. The highest BCUT2D eigenvalue weighted by atomic mass is 19.1. The predicted molar refractivity (Wildman–Crippen MR) is 273 cm³/mol. The molecular formula is C56H76FN9O5. The summed E-state index contributed by atoms with van der Waals surface area (Å²) in [5.41, 5.74) is 15.7. The first-order chi connectivity index (χ1) is 34.5. The van der Waals surface area contributed by atoms with Crippen LogP contribution in [0.2, 0.25) is 0 Å². The van der Waals surface area contributed by atoms with Gasteiger partial charge in [-0.3, -0.25) is 29.1 Å². The fourth-order valence-electron chi connectivity index (χ4n) is 10.5. The number of likely N-dealkylation sites (tertiary alicyclic amines) is 5. The third kappa shape index (κ3) is 16.2. The van der Waals surface area contributed by atoms with Gasteiger partial charge in [0.15, 0.2) is 0 Å². The zero-order valence-corrected chi connectivity index (χ0v) is 41.7. The maximum atomic E-state index is 12.9. The minimum Gasteiger partial charge on any atom is -0.379 e. The lowest BCUT2D eigenvalue weighted by Crippen LogP contribution is -2.44. The molecule has 1 aromatic heterocycles. The topological polar surface area (TPSA) is 162 Å². The van der Waals surface area contributed by atoms with Crippen molar-refractivity contribution in [3.8, 4) is 0 Å². The first-order valence-electron chi connectivity index (χ1n) is 25.8. The van der Waals surface area contributed by atoms with Crippen molar-refractivity contribution in [1.29, 1.82) is 0 Å². The van der Waals surface area contributed by atoms with E-state index in [1.807, 2.05) is 68.1 Å². The molecule has 0 bridgehead atoms. The van der Waals surface area contributed by atoms with E-state index >= 15 is 0 Å². The van der Waals surface area contributed by atoms with Crippen LogP contribution in [0.4, 0.5) is 4.39 Å². The molecule has 71 heavy (non-hydrogen) atoms. The zero-order chi connectivity index (χ0) is 50.0. The summed E-state index contributed by atoms with van der Waals surface area (Å²) in [4.78, 5) is 64.2. The van der Waals surface area contributed by atoms with Crippen molar-refractivity contribution in [2.45, 2.75) is 83.6 Å². The summed E-state index contributed by atoms with van der Waals surface area (Å²) in [6, 6.07) is 31.1. The van der Waals surface area contributed by atoms with Crippen molar-refractivity contribution in [3.63, 3.8) is 0 Å². The normalized spacial score (nSPS) is 23.2. The van der Waals surface area contributed by atoms with E-state index in [0.29, 0.717) is 75.1 Å². The number of hydrogen-bond acceptors (Lipinski definition) is 10. The lowest BCUT2D eigenvalue weighted by atomic mass is 10.1. The number of hydrogen-bond donors (Lipinski definition) is 2. The summed E-state index contributed by atoms with van der Waals surface area (Å²) in [6.07, 6.45) is 10.1. The second-order valence-electron chi connectivity index (χ2n) is 20.0. The van der Waals surface area contributed by atoms with Crippen LogP contribution in [-0.2, 0) is 43.5 Å². The fourth-order valence-corrected chi connectivity index (χ4v) is 10.5. The van der Waals surface area contributed by atoms with Crippen molar-refractivity contribution in [3.05, 3.63) is 138 Å². The second kappa shape index (κ2) is 27.3. The maximum Gasteiger partial charge on any atom is 0.224 e. The molecule has 10 rings (SSSR count). The van der Waals surface area contributed by atoms with Gasteiger partial charge in [-0.1, -0.05) is 79.2 Å². The molecule has 0 aliphatic carbocycles. The van der Waals surface area contributed by atoms with E-state index < -0.39 is 0 Å². The number of morpholine rings is 1. The van der Waals surface area contributed by atoms with Crippen LogP contribution in [-0.4, -0.2) is 149 Å². The molecule has 5 atom stereocenters. The smallest absolute Gasteiger partial charge is 0.224 e. The zero-order valence-electron chi connectivity index (χ0n) is 41.7. The number of halogens is 1. The molecule has 4 aromatic rings. The van der Waals surface area contributed by atoms with Gasteiger partial charge in [-0.2, -0.15) is 0 Å². The molecule has 0 spiro atoms. The maximum absolute atomic E-state index is 12.9. The minimum absolute atomic E-state index is 0.158. The van der Waals surface area contributed by atoms with E-state index in [4.69, 9.17) is 16.2 Å². The van der Waals surface area contributed by atoms with Crippen LogP contribution in [0.1, 0.15) is 80.2 Å². The largest absolute Gasteiger partial charge is 0.379 e. The van der Waals surface area contributed by atoms with Crippen LogP contribution < -0.4 is 11.5 Å². The number of pyridine rings is 1. The molecular weight excluding hydrogens is 898 g/mol. The lowest BCUT2D eigenvalue weighted by molar-refractivity contribution is -0.130. The highest BCUT2D eigenvalue weighted by Crippen LogP contribution is 2.28. The number of rotatable bonds is 13. The molecule has 6 fully saturated rings. The van der Waals surface area contributed by atoms with Crippen LogP contribution in [0, 0.1) is 23.6 Å². The third-order valence-electron chi connectivity index (χ3n) is 14.6. The van der Waals surface area contributed by atoms with Crippen molar-refractivity contribution in [2.75, 3.05) is 85.2 Å². The van der Waals surface area contributed by atoms with E-state index in [1.165, 1.54) is 55.6 Å². The summed E-state index contributed by atoms with van der Waals surface area (Å²) in [5.74, 6) is 1.91. The van der Waals surface area contributed by atoms with Crippen LogP contribution in [0.5, 0.6) is 0 Å². The molecule has 7 heterocycles. The van der Waals surface area contributed by atoms with E-state index in [0.717, 1.165) is 83.1 Å². The number of aromatic nitrogens is 1. The third-order valence-corrected chi connectivity index (χ3v) is 14.6. The summed E-state index contributed by atoms with van der Waals surface area (Å²) in [6.45, 7) is 15.5. The van der Waals surface area contributed by atoms with E-state index in [-0.39, 0.29) is 29.6 Å².